The smallest absolute Gasteiger partial charge is 0.303 e. The SMILES string of the molecule is CC(C#N)(CCC(=O)O)/N=N/C(C)(C#N)CCC(=O)O.CC(C)(C#N)/N=N/C(C)(C)C#N. The largest absolute Gasteiger partial charge is 0.481 e. The molecule has 2 atom stereocenters. The van der Waals surface area contributed by atoms with E-state index in [1.54, 1.807) is 27.7 Å². The fourth-order valence-electron chi connectivity index (χ4n) is 1.47. The molecule has 2 unspecified atom stereocenters. The Bertz CT molecular complexity index is 827. The molecule has 0 aromatic rings. The topological polar surface area (TPSA) is 219 Å². The number of azo groups is 2. The van der Waals surface area contributed by atoms with E-state index < -0.39 is 34.1 Å². The van der Waals surface area contributed by atoms with Crippen LogP contribution in [0.2, 0.25) is 0 Å². The number of hydrogen-bond donors (Lipinski definition) is 2. The molecule has 2 N–H and O–H groups in total. The number of aliphatic carboxylic acids is 2. The lowest BCUT2D eigenvalue weighted by Gasteiger charge is -2.18. The molecule has 0 fully saturated rings. The Kier molecular flexibility index (Phi) is 12.0. The molecule has 12 nitrogen and oxygen atoms in total. The maximum Gasteiger partial charge on any atom is 0.303 e. The van der Waals surface area contributed by atoms with Gasteiger partial charge in [-0.05, 0) is 54.4 Å². The Morgan fingerprint density at radius 1 is 0.625 bits per heavy atom. The average Bonchev–Trinajstić information content (AvgIpc) is 2.74. The summed E-state index contributed by atoms with van der Waals surface area (Å²) in [7, 11) is 0. The number of carbonyl (C=O) groups is 2. The van der Waals surface area contributed by atoms with Gasteiger partial charge in [-0.25, -0.2) is 0 Å². The summed E-state index contributed by atoms with van der Waals surface area (Å²) >= 11 is 0. The van der Waals surface area contributed by atoms with Crippen molar-refractivity contribution in [1.29, 1.82) is 21.0 Å². The van der Waals surface area contributed by atoms with E-state index in [1.165, 1.54) is 13.8 Å². The van der Waals surface area contributed by atoms with Gasteiger partial charge in [0.25, 0.3) is 0 Å². The Hall–Kier alpha value is -3.90. The van der Waals surface area contributed by atoms with E-state index in [0.29, 0.717) is 0 Å². The highest BCUT2D eigenvalue weighted by atomic mass is 16.4. The molecule has 0 radical (unpaired) electrons. The first kappa shape index (κ1) is 30.3. The molecule has 32 heavy (non-hydrogen) atoms. The normalized spacial score (nSPS) is 15.1. The molecule has 172 valence electrons. The number of rotatable bonds is 10. The zero-order valence-corrected chi connectivity index (χ0v) is 19.1. The summed E-state index contributed by atoms with van der Waals surface area (Å²) in [6, 6.07) is 7.63. The number of nitriles is 4. The minimum Gasteiger partial charge on any atom is -0.481 e. The van der Waals surface area contributed by atoms with Gasteiger partial charge < -0.3 is 10.2 Å². The number of carboxylic acids is 2. The molecule has 0 bridgehead atoms. The second-order valence-corrected chi connectivity index (χ2v) is 8.30. The van der Waals surface area contributed by atoms with Crippen molar-refractivity contribution in [1.82, 2.24) is 0 Å². The lowest BCUT2D eigenvalue weighted by molar-refractivity contribution is -0.138. The van der Waals surface area contributed by atoms with Crippen molar-refractivity contribution in [3.63, 3.8) is 0 Å². The van der Waals surface area contributed by atoms with Gasteiger partial charge in [0.15, 0.2) is 22.2 Å². The van der Waals surface area contributed by atoms with Gasteiger partial charge in [-0.15, -0.1) is 0 Å². The van der Waals surface area contributed by atoms with Crippen LogP contribution in [0.25, 0.3) is 0 Å². The number of carboxylic acid groups (broad SMARTS) is 2. The van der Waals surface area contributed by atoms with Gasteiger partial charge in [0.2, 0.25) is 0 Å². The minimum atomic E-state index is -1.35. The average molecular weight is 444 g/mol. The van der Waals surface area contributed by atoms with Gasteiger partial charge in [-0.2, -0.15) is 41.5 Å². The van der Waals surface area contributed by atoms with Crippen LogP contribution in [0.5, 0.6) is 0 Å². The quantitative estimate of drug-likeness (QED) is 0.471. The van der Waals surface area contributed by atoms with Crippen LogP contribution in [0.4, 0.5) is 0 Å². The molecule has 0 spiro atoms. The third-order valence-corrected chi connectivity index (χ3v) is 3.72. The Labute approximate surface area is 187 Å². The summed E-state index contributed by atoms with van der Waals surface area (Å²) in [5.41, 5.74) is -4.37. The molecular formula is C20H28N8O4. The molecule has 0 aliphatic rings. The lowest BCUT2D eigenvalue weighted by Crippen LogP contribution is -2.25. The molecule has 0 aliphatic heterocycles. The summed E-state index contributed by atoms with van der Waals surface area (Å²) in [6.07, 6.45) is -0.575. The fourth-order valence-corrected chi connectivity index (χ4v) is 1.47. The molecule has 0 aromatic carbocycles. The van der Waals surface area contributed by atoms with Crippen molar-refractivity contribution < 1.29 is 19.8 Å². The molecule has 0 aliphatic carbocycles. The lowest BCUT2D eigenvalue weighted by atomic mass is 9.97. The van der Waals surface area contributed by atoms with Crippen LogP contribution in [-0.2, 0) is 9.59 Å². The molecular weight excluding hydrogens is 416 g/mol. The Balaban J connectivity index is 0. The molecule has 12 heteroatoms. The maximum atomic E-state index is 10.5. The number of nitrogens with zero attached hydrogens (tertiary/aromatic N) is 8. The Morgan fingerprint density at radius 3 is 1.09 bits per heavy atom. The van der Waals surface area contributed by atoms with Gasteiger partial charge in [-0.3, -0.25) is 9.59 Å². The Morgan fingerprint density at radius 2 is 0.906 bits per heavy atom. The first-order valence-corrected chi connectivity index (χ1v) is 9.46. The molecule has 0 aromatic heterocycles. The first-order chi connectivity index (χ1) is 14.5. The van der Waals surface area contributed by atoms with Crippen molar-refractivity contribution in [3.8, 4) is 24.3 Å². The molecule has 0 saturated heterocycles. The van der Waals surface area contributed by atoms with Crippen LogP contribution < -0.4 is 0 Å². The summed E-state index contributed by atoms with van der Waals surface area (Å²) in [4.78, 5) is 21.0. The van der Waals surface area contributed by atoms with E-state index in [-0.39, 0.29) is 25.7 Å². The predicted octanol–water partition coefficient (Wildman–Crippen LogP) is 3.78. The number of hydrogen-bond acceptors (Lipinski definition) is 10. The van der Waals surface area contributed by atoms with Gasteiger partial charge in [0.05, 0.1) is 24.3 Å². The van der Waals surface area contributed by atoms with Crippen LogP contribution in [0.1, 0.15) is 67.2 Å². The van der Waals surface area contributed by atoms with E-state index in [0.717, 1.165) is 0 Å². The summed E-state index contributed by atoms with van der Waals surface area (Å²) in [5, 5.41) is 67.4. The van der Waals surface area contributed by atoms with E-state index in [9.17, 15) is 9.59 Å². The summed E-state index contributed by atoms with van der Waals surface area (Å²) < 4.78 is 0. The third kappa shape index (κ3) is 14.1. The van der Waals surface area contributed by atoms with E-state index >= 15 is 0 Å². The third-order valence-electron chi connectivity index (χ3n) is 3.72. The molecule has 0 heterocycles. The molecule has 0 amide bonds. The second kappa shape index (κ2) is 12.7. The van der Waals surface area contributed by atoms with E-state index in [1.807, 2.05) is 24.3 Å². The van der Waals surface area contributed by atoms with Crippen molar-refractivity contribution in [3.05, 3.63) is 0 Å². The van der Waals surface area contributed by atoms with E-state index in [4.69, 9.17) is 31.3 Å². The minimum absolute atomic E-state index is 0.0389. The van der Waals surface area contributed by atoms with Gasteiger partial charge >= 0.3 is 11.9 Å². The van der Waals surface area contributed by atoms with Crippen LogP contribution in [0, 0.1) is 45.3 Å². The van der Waals surface area contributed by atoms with Crippen LogP contribution in [0.3, 0.4) is 0 Å². The van der Waals surface area contributed by atoms with Gasteiger partial charge in [-0.1, -0.05) is 0 Å². The van der Waals surface area contributed by atoms with E-state index in [2.05, 4.69) is 20.5 Å². The highest BCUT2D eigenvalue weighted by Crippen LogP contribution is 2.23. The van der Waals surface area contributed by atoms with Crippen molar-refractivity contribution in [2.45, 2.75) is 89.4 Å². The predicted molar refractivity (Wildman–Crippen MR) is 111 cm³/mol. The monoisotopic (exact) mass is 444 g/mol. The van der Waals surface area contributed by atoms with Crippen molar-refractivity contribution in [2.75, 3.05) is 0 Å². The maximum absolute atomic E-state index is 10.5. The zero-order valence-electron chi connectivity index (χ0n) is 19.1. The summed E-state index contributed by atoms with van der Waals surface area (Å²) in [6.45, 7) is 9.39. The molecule has 0 saturated carbocycles. The summed E-state index contributed by atoms with van der Waals surface area (Å²) in [5.74, 6) is -2.12. The van der Waals surface area contributed by atoms with Crippen molar-refractivity contribution in [2.24, 2.45) is 20.5 Å². The van der Waals surface area contributed by atoms with Gasteiger partial charge in [0, 0.05) is 12.8 Å². The molecule has 0 rings (SSSR count). The highest BCUT2D eigenvalue weighted by molar-refractivity contribution is 5.67. The van der Waals surface area contributed by atoms with Crippen LogP contribution in [-0.4, -0.2) is 44.3 Å². The standard InChI is InChI=1S/C12H16N4O4.C8H12N4/c1-11(7-13,5-3-9(17)18)15-16-12(2,8-14)6-4-10(19)20;1-7(2,5-9)11-12-8(3,4)6-10/h3-6H2,1-2H3,(H,17,18)(H,19,20);1-4H3/b16-15+;12-11+. The van der Waals surface area contributed by atoms with Crippen LogP contribution >= 0.6 is 0 Å². The van der Waals surface area contributed by atoms with Gasteiger partial charge in [0.1, 0.15) is 0 Å². The first-order valence-electron chi connectivity index (χ1n) is 9.46. The second-order valence-electron chi connectivity index (χ2n) is 8.30. The highest BCUT2D eigenvalue weighted by Gasteiger charge is 2.29. The van der Waals surface area contributed by atoms with Crippen molar-refractivity contribution >= 4 is 11.9 Å². The fraction of sp³-hybridized carbons (Fsp3) is 0.700. The zero-order chi connectivity index (χ0) is 25.6. The van der Waals surface area contributed by atoms with Crippen LogP contribution in [0.15, 0.2) is 20.5 Å².